The number of benzene rings is 1. The Morgan fingerprint density at radius 2 is 1.78 bits per heavy atom. The predicted octanol–water partition coefficient (Wildman–Crippen LogP) is 6.08. The molecule has 1 aromatic carbocycles. The molecule has 150 valence electrons. The topological polar surface area (TPSA) is 30.5 Å². The molecule has 0 amide bonds. The Balaban J connectivity index is 1.59. The van der Waals surface area contributed by atoms with Crippen molar-refractivity contribution < 1.29 is 9.47 Å². The van der Waals surface area contributed by atoms with Crippen molar-refractivity contribution in [2.24, 2.45) is 16.7 Å². The van der Waals surface area contributed by atoms with Crippen LogP contribution in [-0.4, -0.2) is 18.8 Å². The lowest BCUT2D eigenvalue weighted by atomic mass is 9.43. The zero-order valence-corrected chi connectivity index (χ0v) is 19.0. The molecular formula is C23H34BrNO2. The molecule has 2 unspecified atom stereocenters. The molecule has 0 aromatic heterocycles. The van der Waals surface area contributed by atoms with Crippen LogP contribution in [0.15, 0.2) is 16.6 Å². The van der Waals surface area contributed by atoms with Crippen molar-refractivity contribution in [3.8, 4) is 11.5 Å². The highest BCUT2D eigenvalue weighted by atomic mass is 79.9. The first kappa shape index (κ1) is 19.6. The number of rotatable bonds is 6. The largest absolute Gasteiger partial charge is 0.493 e. The summed E-state index contributed by atoms with van der Waals surface area (Å²) in [7, 11) is 1.72. The van der Waals surface area contributed by atoms with Crippen molar-refractivity contribution in [1.29, 1.82) is 0 Å². The Labute approximate surface area is 172 Å². The summed E-state index contributed by atoms with van der Waals surface area (Å²) in [6.45, 7) is 10.0. The van der Waals surface area contributed by atoms with Gasteiger partial charge in [-0.2, -0.15) is 0 Å². The van der Waals surface area contributed by atoms with Crippen LogP contribution in [-0.2, 0) is 6.54 Å². The molecular weight excluding hydrogens is 402 g/mol. The maximum Gasteiger partial charge on any atom is 0.166 e. The molecule has 0 heterocycles. The van der Waals surface area contributed by atoms with Gasteiger partial charge in [0.05, 0.1) is 13.2 Å². The van der Waals surface area contributed by atoms with Crippen molar-refractivity contribution in [3.05, 3.63) is 22.2 Å². The van der Waals surface area contributed by atoms with Gasteiger partial charge in [0.2, 0.25) is 0 Å². The summed E-state index contributed by atoms with van der Waals surface area (Å²) in [6.07, 6.45) is 8.36. The van der Waals surface area contributed by atoms with Gasteiger partial charge in [0.25, 0.3) is 0 Å². The van der Waals surface area contributed by atoms with Crippen LogP contribution in [0.4, 0.5) is 0 Å². The third-order valence-electron chi connectivity index (χ3n) is 6.95. The monoisotopic (exact) mass is 435 g/mol. The summed E-state index contributed by atoms with van der Waals surface area (Å²) >= 11 is 3.64. The summed E-state index contributed by atoms with van der Waals surface area (Å²) in [4.78, 5) is 0. The maximum absolute atomic E-state index is 6.15. The zero-order chi connectivity index (χ0) is 19.4. The second kappa shape index (κ2) is 6.66. The third kappa shape index (κ3) is 3.76. The van der Waals surface area contributed by atoms with Crippen molar-refractivity contribution in [2.75, 3.05) is 7.11 Å². The predicted molar refractivity (Wildman–Crippen MR) is 113 cm³/mol. The Morgan fingerprint density at radius 3 is 2.33 bits per heavy atom. The van der Waals surface area contributed by atoms with Crippen LogP contribution < -0.4 is 14.8 Å². The van der Waals surface area contributed by atoms with E-state index in [9.17, 15) is 0 Å². The van der Waals surface area contributed by atoms with Gasteiger partial charge >= 0.3 is 0 Å². The highest BCUT2D eigenvalue weighted by Crippen LogP contribution is 2.66. The van der Waals surface area contributed by atoms with E-state index in [1.165, 1.54) is 44.1 Å². The molecule has 4 aliphatic rings. The molecule has 4 heteroatoms. The molecule has 0 saturated heterocycles. The summed E-state index contributed by atoms with van der Waals surface area (Å²) in [5.41, 5.74) is 2.51. The van der Waals surface area contributed by atoms with E-state index in [1.54, 1.807) is 7.11 Å². The van der Waals surface area contributed by atoms with Crippen LogP contribution in [0, 0.1) is 16.7 Å². The number of halogens is 1. The van der Waals surface area contributed by atoms with Gasteiger partial charge in [0, 0.05) is 22.1 Å². The Kier molecular flexibility index (Phi) is 4.82. The highest BCUT2D eigenvalue weighted by Gasteiger charge is 2.59. The first-order valence-corrected chi connectivity index (χ1v) is 11.2. The first-order chi connectivity index (χ1) is 12.6. The lowest BCUT2D eigenvalue weighted by Crippen LogP contribution is -2.63. The van der Waals surface area contributed by atoms with E-state index in [-0.39, 0.29) is 11.6 Å². The second-order valence-electron chi connectivity index (χ2n) is 10.5. The Hall–Kier alpha value is -0.740. The number of nitrogens with one attached hydrogen (secondary N) is 1. The van der Waals surface area contributed by atoms with Gasteiger partial charge in [-0.1, -0.05) is 29.8 Å². The molecule has 0 radical (unpaired) electrons. The van der Waals surface area contributed by atoms with Gasteiger partial charge in [0.15, 0.2) is 11.5 Å². The number of methoxy groups -OCH3 is 1. The van der Waals surface area contributed by atoms with Crippen molar-refractivity contribution >= 4 is 15.9 Å². The first-order valence-electron chi connectivity index (χ1n) is 10.4. The summed E-state index contributed by atoms with van der Waals surface area (Å²) in [5, 5.41) is 4.03. The SMILES string of the molecule is COc1cc(Br)cc(CNC23CC4CC(C)(CC(C)(C4)C2)C3)c1OC(C)C. The van der Waals surface area contributed by atoms with Gasteiger partial charge in [-0.25, -0.2) is 0 Å². The minimum absolute atomic E-state index is 0.121. The van der Waals surface area contributed by atoms with E-state index in [4.69, 9.17) is 9.47 Å². The van der Waals surface area contributed by atoms with Crippen molar-refractivity contribution in [1.82, 2.24) is 5.32 Å². The summed E-state index contributed by atoms with van der Waals surface area (Å²) in [5.74, 6) is 2.58. The molecule has 2 atom stereocenters. The van der Waals surface area contributed by atoms with E-state index >= 15 is 0 Å². The van der Waals surface area contributed by atoms with Crippen LogP contribution in [0.2, 0.25) is 0 Å². The van der Waals surface area contributed by atoms with Crippen LogP contribution in [0.3, 0.4) is 0 Å². The molecule has 0 aliphatic heterocycles. The van der Waals surface area contributed by atoms with E-state index in [1.807, 2.05) is 6.07 Å². The lowest BCUT2D eigenvalue weighted by molar-refractivity contribution is -0.118. The molecule has 4 bridgehead atoms. The number of hydrogen-bond acceptors (Lipinski definition) is 3. The average molecular weight is 436 g/mol. The van der Waals surface area contributed by atoms with Crippen LogP contribution in [0.5, 0.6) is 11.5 Å². The number of ether oxygens (including phenoxy) is 2. The fourth-order valence-electron chi connectivity index (χ4n) is 7.20. The summed E-state index contributed by atoms with van der Waals surface area (Å²) in [6, 6.07) is 4.17. The minimum Gasteiger partial charge on any atom is -0.493 e. The molecule has 5 rings (SSSR count). The molecule has 4 saturated carbocycles. The van der Waals surface area contributed by atoms with Gasteiger partial charge in [-0.05, 0) is 81.3 Å². The van der Waals surface area contributed by atoms with E-state index in [0.717, 1.165) is 28.4 Å². The molecule has 4 aliphatic carbocycles. The molecule has 4 fully saturated rings. The van der Waals surface area contributed by atoms with Gasteiger partial charge in [0.1, 0.15) is 0 Å². The van der Waals surface area contributed by atoms with Crippen molar-refractivity contribution in [2.45, 2.75) is 84.4 Å². The molecule has 3 nitrogen and oxygen atoms in total. The van der Waals surface area contributed by atoms with Gasteiger partial charge in [-0.3, -0.25) is 0 Å². The van der Waals surface area contributed by atoms with E-state index < -0.39 is 0 Å². The smallest absolute Gasteiger partial charge is 0.166 e. The fourth-order valence-corrected chi connectivity index (χ4v) is 7.69. The molecule has 1 aromatic rings. The van der Waals surface area contributed by atoms with Gasteiger partial charge in [-0.15, -0.1) is 0 Å². The normalized spacial score (nSPS) is 37.1. The highest BCUT2D eigenvalue weighted by molar-refractivity contribution is 9.10. The maximum atomic E-state index is 6.15. The molecule has 0 spiro atoms. The Bertz CT molecular complexity index is 713. The average Bonchev–Trinajstić information content (AvgIpc) is 2.50. The third-order valence-corrected chi connectivity index (χ3v) is 7.41. The van der Waals surface area contributed by atoms with Crippen LogP contribution in [0.1, 0.15) is 71.8 Å². The minimum atomic E-state index is 0.121. The van der Waals surface area contributed by atoms with E-state index in [2.05, 4.69) is 55.0 Å². The Morgan fingerprint density at radius 1 is 1.11 bits per heavy atom. The molecule has 1 N–H and O–H groups in total. The second-order valence-corrected chi connectivity index (χ2v) is 11.4. The number of hydrogen-bond donors (Lipinski definition) is 1. The van der Waals surface area contributed by atoms with Crippen LogP contribution in [0.25, 0.3) is 0 Å². The summed E-state index contributed by atoms with van der Waals surface area (Å²) < 4.78 is 12.8. The van der Waals surface area contributed by atoms with Gasteiger partial charge < -0.3 is 14.8 Å². The van der Waals surface area contributed by atoms with Crippen molar-refractivity contribution in [3.63, 3.8) is 0 Å². The quantitative estimate of drug-likeness (QED) is 0.586. The fraction of sp³-hybridized carbons (Fsp3) is 0.739. The van der Waals surface area contributed by atoms with E-state index in [0.29, 0.717) is 10.8 Å². The zero-order valence-electron chi connectivity index (χ0n) is 17.5. The molecule has 27 heavy (non-hydrogen) atoms. The lowest BCUT2D eigenvalue weighted by Gasteiger charge is -2.65. The standard InChI is InChI=1S/C23H34BrNO2/c1-15(2)27-20-17(6-18(24)7-19(20)26-5)11-25-23-10-16-8-21(3,13-23)12-22(4,9-16)14-23/h6-7,15-16,25H,8-14H2,1-5H3. The van der Waals surface area contributed by atoms with Crippen LogP contribution >= 0.6 is 15.9 Å².